The van der Waals surface area contributed by atoms with Crippen molar-refractivity contribution in [3.63, 3.8) is 0 Å². The average molecular weight is 265 g/mol. The van der Waals surface area contributed by atoms with Gasteiger partial charge in [0.2, 0.25) is 5.91 Å². The van der Waals surface area contributed by atoms with Crippen LogP contribution in [0.15, 0.2) is 17.5 Å². The maximum absolute atomic E-state index is 11.8. The van der Waals surface area contributed by atoms with E-state index in [4.69, 9.17) is 4.74 Å². The highest BCUT2D eigenvalue weighted by Crippen LogP contribution is 2.37. The van der Waals surface area contributed by atoms with Gasteiger partial charge in [0.1, 0.15) is 0 Å². The summed E-state index contributed by atoms with van der Waals surface area (Å²) in [6, 6.07) is 4.29. The van der Waals surface area contributed by atoms with E-state index in [0.29, 0.717) is 5.92 Å². The average Bonchev–Trinajstić information content (AvgIpc) is 3.12. The summed E-state index contributed by atoms with van der Waals surface area (Å²) in [6.07, 6.45) is 4.17. The summed E-state index contributed by atoms with van der Waals surface area (Å²) in [7, 11) is 0. The minimum atomic E-state index is 0.108. The van der Waals surface area contributed by atoms with Crippen molar-refractivity contribution in [2.24, 2.45) is 5.92 Å². The van der Waals surface area contributed by atoms with Crippen molar-refractivity contribution in [2.45, 2.75) is 31.1 Å². The van der Waals surface area contributed by atoms with Gasteiger partial charge in [0.05, 0.1) is 0 Å². The molecule has 0 aromatic carbocycles. The maximum atomic E-state index is 11.8. The largest absolute Gasteiger partial charge is 0.381 e. The van der Waals surface area contributed by atoms with Crippen LogP contribution in [-0.2, 0) is 14.9 Å². The summed E-state index contributed by atoms with van der Waals surface area (Å²) >= 11 is 1.80. The number of hydrogen-bond acceptors (Lipinski definition) is 3. The van der Waals surface area contributed by atoms with Crippen molar-refractivity contribution in [1.29, 1.82) is 0 Å². The van der Waals surface area contributed by atoms with Gasteiger partial charge in [-0.15, -0.1) is 11.3 Å². The van der Waals surface area contributed by atoms with Crippen LogP contribution in [0.3, 0.4) is 0 Å². The lowest BCUT2D eigenvalue weighted by Crippen LogP contribution is -2.44. The van der Waals surface area contributed by atoms with Crippen LogP contribution in [0.2, 0.25) is 0 Å². The molecule has 3 nitrogen and oxygen atoms in total. The number of carbonyl (C=O) groups excluding carboxylic acids is 1. The number of ether oxygens (including phenoxy) is 1. The van der Waals surface area contributed by atoms with Crippen LogP contribution in [0.5, 0.6) is 0 Å². The molecule has 1 N–H and O–H groups in total. The van der Waals surface area contributed by atoms with E-state index in [1.807, 2.05) is 0 Å². The van der Waals surface area contributed by atoms with Gasteiger partial charge in [-0.3, -0.25) is 4.79 Å². The van der Waals surface area contributed by atoms with E-state index in [2.05, 4.69) is 22.8 Å². The normalized spacial score (nSPS) is 22.7. The smallest absolute Gasteiger partial charge is 0.223 e. The Hall–Kier alpha value is -0.870. The molecule has 1 aliphatic heterocycles. The molecule has 18 heavy (non-hydrogen) atoms. The molecule has 98 valence electrons. The first-order chi connectivity index (χ1) is 8.80. The molecular formula is C14H19NO2S. The zero-order chi connectivity index (χ0) is 12.4. The first kappa shape index (κ1) is 12.2. The fraction of sp³-hybridized carbons (Fsp3) is 0.643. The molecule has 4 heteroatoms. The van der Waals surface area contributed by atoms with Crippen molar-refractivity contribution in [1.82, 2.24) is 5.32 Å². The highest BCUT2D eigenvalue weighted by atomic mass is 32.1. The van der Waals surface area contributed by atoms with Gasteiger partial charge in [0, 0.05) is 36.0 Å². The first-order valence-corrected chi connectivity index (χ1v) is 7.58. The predicted molar refractivity (Wildman–Crippen MR) is 71.8 cm³/mol. The van der Waals surface area contributed by atoms with Crippen LogP contribution in [0.25, 0.3) is 0 Å². The molecule has 3 rings (SSSR count). The minimum absolute atomic E-state index is 0.108. The highest BCUT2D eigenvalue weighted by molar-refractivity contribution is 7.10. The van der Waals surface area contributed by atoms with Crippen molar-refractivity contribution >= 4 is 17.2 Å². The van der Waals surface area contributed by atoms with Gasteiger partial charge in [-0.25, -0.2) is 0 Å². The lowest BCUT2D eigenvalue weighted by Gasteiger charge is -2.36. The number of nitrogens with one attached hydrogen (secondary N) is 1. The minimum Gasteiger partial charge on any atom is -0.381 e. The molecule has 2 aliphatic rings. The molecule has 1 amide bonds. The summed E-state index contributed by atoms with van der Waals surface area (Å²) in [5.41, 5.74) is 0.108. The Morgan fingerprint density at radius 3 is 2.83 bits per heavy atom. The van der Waals surface area contributed by atoms with Crippen LogP contribution in [0.4, 0.5) is 0 Å². The van der Waals surface area contributed by atoms with E-state index in [1.54, 1.807) is 11.3 Å². The van der Waals surface area contributed by atoms with Crippen molar-refractivity contribution in [3.05, 3.63) is 22.4 Å². The lowest BCUT2D eigenvalue weighted by atomic mass is 9.78. The molecule has 1 aromatic heterocycles. The molecule has 1 saturated heterocycles. The molecule has 0 spiro atoms. The van der Waals surface area contributed by atoms with E-state index in [1.165, 1.54) is 4.88 Å². The Morgan fingerprint density at radius 1 is 1.44 bits per heavy atom. The van der Waals surface area contributed by atoms with Crippen LogP contribution >= 0.6 is 11.3 Å². The van der Waals surface area contributed by atoms with E-state index >= 15 is 0 Å². The number of carbonyl (C=O) groups is 1. The van der Waals surface area contributed by atoms with Gasteiger partial charge in [-0.2, -0.15) is 0 Å². The number of rotatable bonds is 4. The molecular weight excluding hydrogens is 246 g/mol. The van der Waals surface area contributed by atoms with Gasteiger partial charge in [-0.1, -0.05) is 6.07 Å². The molecule has 1 aromatic rings. The van der Waals surface area contributed by atoms with Gasteiger partial charge in [0.25, 0.3) is 0 Å². The van der Waals surface area contributed by atoms with Gasteiger partial charge in [0.15, 0.2) is 0 Å². The SMILES string of the molecule is O=C(NCC1(c2cccs2)CCOCC1)C1CC1. The zero-order valence-electron chi connectivity index (χ0n) is 10.5. The molecule has 2 fully saturated rings. The Bertz CT molecular complexity index is 405. The van der Waals surface area contributed by atoms with E-state index < -0.39 is 0 Å². The second-order valence-corrected chi connectivity index (χ2v) is 6.31. The third kappa shape index (κ3) is 2.45. The van der Waals surface area contributed by atoms with Crippen molar-refractivity contribution < 1.29 is 9.53 Å². The Morgan fingerprint density at radius 2 is 2.22 bits per heavy atom. The number of amides is 1. The summed E-state index contributed by atoms with van der Waals surface area (Å²) in [4.78, 5) is 13.2. The summed E-state index contributed by atoms with van der Waals surface area (Å²) in [6.45, 7) is 2.38. The Labute approximate surface area is 112 Å². The van der Waals surface area contributed by atoms with Gasteiger partial charge in [-0.05, 0) is 37.1 Å². The summed E-state index contributed by atoms with van der Waals surface area (Å²) < 4.78 is 5.48. The second-order valence-electron chi connectivity index (χ2n) is 5.36. The Balaban J connectivity index is 1.70. The maximum Gasteiger partial charge on any atom is 0.223 e. The van der Waals surface area contributed by atoms with Gasteiger partial charge < -0.3 is 10.1 Å². The topological polar surface area (TPSA) is 38.3 Å². The predicted octanol–water partition coefficient (Wildman–Crippen LogP) is 2.32. The van der Waals surface area contributed by atoms with Crippen LogP contribution < -0.4 is 5.32 Å². The highest BCUT2D eigenvalue weighted by Gasteiger charge is 2.37. The van der Waals surface area contributed by atoms with Gasteiger partial charge >= 0.3 is 0 Å². The lowest BCUT2D eigenvalue weighted by molar-refractivity contribution is -0.122. The fourth-order valence-corrected chi connectivity index (χ4v) is 3.59. The quantitative estimate of drug-likeness (QED) is 0.907. The summed E-state index contributed by atoms with van der Waals surface area (Å²) in [5, 5.41) is 5.28. The van der Waals surface area contributed by atoms with E-state index in [0.717, 1.165) is 45.4 Å². The summed E-state index contributed by atoms with van der Waals surface area (Å²) in [5.74, 6) is 0.544. The molecule has 1 aliphatic carbocycles. The second kappa shape index (κ2) is 5.02. The molecule has 0 bridgehead atoms. The Kier molecular flexibility index (Phi) is 3.39. The van der Waals surface area contributed by atoms with Crippen molar-refractivity contribution in [2.75, 3.05) is 19.8 Å². The standard InChI is InChI=1S/C14H19NO2S/c16-13(11-3-4-11)15-10-14(5-7-17-8-6-14)12-2-1-9-18-12/h1-2,9,11H,3-8,10H2,(H,15,16). The van der Waals surface area contributed by atoms with E-state index in [9.17, 15) is 4.79 Å². The van der Waals surface area contributed by atoms with Crippen LogP contribution in [-0.4, -0.2) is 25.7 Å². The fourth-order valence-electron chi connectivity index (χ4n) is 2.60. The molecule has 1 saturated carbocycles. The third-order valence-electron chi connectivity index (χ3n) is 4.04. The first-order valence-electron chi connectivity index (χ1n) is 6.70. The molecule has 0 unspecified atom stereocenters. The third-order valence-corrected chi connectivity index (χ3v) is 5.16. The van der Waals surface area contributed by atoms with E-state index in [-0.39, 0.29) is 11.3 Å². The number of hydrogen-bond donors (Lipinski definition) is 1. The van der Waals surface area contributed by atoms with Crippen molar-refractivity contribution in [3.8, 4) is 0 Å². The van der Waals surface area contributed by atoms with Crippen LogP contribution in [0.1, 0.15) is 30.6 Å². The van der Waals surface area contributed by atoms with Crippen LogP contribution in [0, 0.1) is 5.92 Å². The number of thiophene rings is 1. The molecule has 2 heterocycles. The monoisotopic (exact) mass is 265 g/mol. The zero-order valence-corrected chi connectivity index (χ0v) is 11.3. The molecule has 0 radical (unpaired) electrons. The molecule has 0 atom stereocenters.